The van der Waals surface area contributed by atoms with E-state index < -0.39 is 24.2 Å². The van der Waals surface area contributed by atoms with Crippen molar-refractivity contribution in [2.24, 2.45) is 11.8 Å². The summed E-state index contributed by atoms with van der Waals surface area (Å²) in [6.45, 7) is 3.93. The molecule has 3 N–H and O–H groups in total. The number of Topliss-reactive ketones (excluding diaryl/α,β-unsaturated/α-hetero) is 1. The third kappa shape index (κ3) is 3.48. The molecule has 5 nitrogen and oxygen atoms in total. The fourth-order valence-electron chi connectivity index (χ4n) is 3.65. The van der Waals surface area contributed by atoms with Gasteiger partial charge in [0.15, 0.2) is 5.78 Å². The largest absolute Gasteiger partial charge is 0.508 e. The molecule has 3 rings (SSSR count). The van der Waals surface area contributed by atoms with Gasteiger partial charge in [-0.1, -0.05) is 23.8 Å². The Morgan fingerprint density at radius 2 is 1.92 bits per heavy atom. The molecule has 5 unspecified atom stereocenters. The van der Waals surface area contributed by atoms with E-state index in [0.29, 0.717) is 24.0 Å². The van der Waals surface area contributed by atoms with Crippen molar-refractivity contribution in [3.63, 3.8) is 0 Å². The zero-order valence-electron chi connectivity index (χ0n) is 14.4. The van der Waals surface area contributed by atoms with Crippen LogP contribution in [0.3, 0.4) is 0 Å². The van der Waals surface area contributed by atoms with E-state index in [1.165, 1.54) is 18.4 Å². The molecule has 0 saturated heterocycles. The van der Waals surface area contributed by atoms with E-state index >= 15 is 0 Å². The lowest BCUT2D eigenvalue weighted by Crippen LogP contribution is -2.54. The summed E-state index contributed by atoms with van der Waals surface area (Å²) < 4.78 is 5.68. The topological polar surface area (TPSA) is 87.0 Å². The number of carbonyl (C=O) groups excluding carboxylic acids is 1. The van der Waals surface area contributed by atoms with Gasteiger partial charge in [0.2, 0.25) is 0 Å². The van der Waals surface area contributed by atoms with E-state index in [1.807, 2.05) is 19.9 Å². The van der Waals surface area contributed by atoms with Crippen LogP contribution in [0.25, 0.3) is 5.57 Å². The highest BCUT2D eigenvalue weighted by Gasteiger charge is 2.49. The van der Waals surface area contributed by atoms with Gasteiger partial charge < -0.3 is 20.1 Å². The first kappa shape index (κ1) is 17.7. The van der Waals surface area contributed by atoms with E-state index in [2.05, 4.69) is 0 Å². The molecule has 0 aromatic heterocycles. The Labute approximate surface area is 147 Å². The van der Waals surface area contributed by atoms with Gasteiger partial charge in [-0.2, -0.15) is 0 Å². The Kier molecular flexibility index (Phi) is 4.97. The first-order chi connectivity index (χ1) is 11.9. The number of fused-ring (bicyclic) bond motifs is 1. The molecule has 1 saturated carbocycles. The van der Waals surface area contributed by atoms with Gasteiger partial charge in [0.1, 0.15) is 11.9 Å². The lowest BCUT2D eigenvalue weighted by atomic mass is 9.69. The van der Waals surface area contributed by atoms with Crippen LogP contribution < -0.4 is 0 Å². The van der Waals surface area contributed by atoms with Gasteiger partial charge in [0.25, 0.3) is 0 Å². The fraction of sp³-hybridized carbons (Fsp3) is 0.450. The summed E-state index contributed by atoms with van der Waals surface area (Å²) >= 11 is 0. The monoisotopic (exact) mass is 344 g/mol. The van der Waals surface area contributed by atoms with Crippen LogP contribution >= 0.6 is 0 Å². The van der Waals surface area contributed by atoms with Crippen molar-refractivity contribution < 1.29 is 24.9 Å². The second-order valence-electron chi connectivity index (χ2n) is 7.12. The molecule has 1 aromatic rings. The number of phenolic OH excluding ortho intramolecular Hbond substituents is 1. The van der Waals surface area contributed by atoms with Crippen molar-refractivity contribution in [1.82, 2.24) is 0 Å². The minimum absolute atomic E-state index is 0.119. The van der Waals surface area contributed by atoms with E-state index in [9.17, 15) is 20.1 Å². The molecule has 5 heteroatoms. The quantitative estimate of drug-likeness (QED) is 0.733. The third-order valence-electron chi connectivity index (χ3n) is 5.08. The first-order valence-electron chi connectivity index (χ1n) is 8.57. The lowest BCUT2D eigenvalue weighted by Gasteiger charge is -2.43. The summed E-state index contributed by atoms with van der Waals surface area (Å²) in [6, 6.07) is 6.31. The number of benzene rings is 1. The average molecular weight is 344 g/mol. The average Bonchev–Trinajstić information content (AvgIpc) is 2.55. The molecule has 1 heterocycles. The van der Waals surface area contributed by atoms with Crippen LogP contribution in [0.2, 0.25) is 0 Å². The minimum atomic E-state index is -0.960. The van der Waals surface area contributed by atoms with Crippen LogP contribution in [0.1, 0.15) is 32.3 Å². The van der Waals surface area contributed by atoms with Crippen LogP contribution in [-0.2, 0) is 9.53 Å². The number of hydrogen-bond acceptors (Lipinski definition) is 5. The van der Waals surface area contributed by atoms with Crippen LogP contribution in [0.4, 0.5) is 0 Å². The summed E-state index contributed by atoms with van der Waals surface area (Å²) in [6.07, 6.45) is 2.06. The van der Waals surface area contributed by atoms with Crippen LogP contribution in [-0.4, -0.2) is 39.4 Å². The van der Waals surface area contributed by atoms with Crippen LogP contribution in [0.5, 0.6) is 5.75 Å². The summed E-state index contributed by atoms with van der Waals surface area (Å²) in [5, 5.41) is 30.5. The Balaban J connectivity index is 1.86. The minimum Gasteiger partial charge on any atom is -0.508 e. The Bertz CT molecular complexity index is 699. The number of aliphatic hydroxyl groups is 2. The number of aromatic hydroxyl groups is 1. The first-order valence-corrected chi connectivity index (χ1v) is 8.57. The second kappa shape index (κ2) is 7.02. The van der Waals surface area contributed by atoms with Crippen molar-refractivity contribution in [1.29, 1.82) is 0 Å². The molecule has 0 bridgehead atoms. The van der Waals surface area contributed by atoms with Gasteiger partial charge in [-0.3, -0.25) is 4.79 Å². The highest BCUT2D eigenvalue weighted by molar-refractivity contribution is 6.22. The molecule has 134 valence electrons. The van der Waals surface area contributed by atoms with Gasteiger partial charge in [-0.25, -0.2) is 0 Å². The maximum atomic E-state index is 13.0. The van der Waals surface area contributed by atoms with Crippen LogP contribution in [0, 0.1) is 11.8 Å². The number of rotatable bonds is 3. The van der Waals surface area contributed by atoms with E-state index in [-0.39, 0.29) is 17.5 Å². The molecule has 0 amide bonds. The molecular weight excluding hydrogens is 320 g/mol. The third-order valence-corrected chi connectivity index (χ3v) is 5.08. The van der Waals surface area contributed by atoms with E-state index in [0.717, 1.165) is 5.57 Å². The van der Waals surface area contributed by atoms with E-state index in [1.54, 1.807) is 12.1 Å². The molecule has 1 aromatic carbocycles. The molecule has 25 heavy (non-hydrogen) atoms. The molecule has 5 atom stereocenters. The standard InChI is InChI=1S/C20H24O5/c1-11(2)3-8-14-16(22)9-17-18(19(14)23)20(24)15(10-25-17)12-4-6-13(21)7-5-12/h3-7,10,14,16-19,21-23H,8-9H2,1-2H3. The number of hydrogen-bond donors (Lipinski definition) is 3. The van der Waals surface area contributed by atoms with Gasteiger partial charge in [0, 0.05) is 12.3 Å². The van der Waals surface area contributed by atoms with Gasteiger partial charge in [-0.05, 0) is 38.0 Å². The van der Waals surface area contributed by atoms with Crippen LogP contribution in [0.15, 0.2) is 42.2 Å². The molecule has 2 aliphatic rings. The normalized spacial score (nSPS) is 31.6. The molecule has 1 fully saturated rings. The van der Waals surface area contributed by atoms with Crippen molar-refractivity contribution in [3.8, 4) is 5.75 Å². The van der Waals surface area contributed by atoms with Crippen molar-refractivity contribution in [2.75, 3.05) is 0 Å². The zero-order valence-corrected chi connectivity index (χ0v) is 14.4. The fourth-order valence-corrected chi connectivity index (χ4v) is 3.65. The maximum Gasteiger partial charge on any atom is 0.175 e. The lowest BCUT2D eigenvalue weighted by molar-refractivity contribution is -0.147. The predicted molar refractivity (Wildman–Crippen MR) is 93.6 cm³/mol. The Hall–Kier alpha value is -2.11. The van der Waals surface area contributed by atoms with Gasteiger partial charge >= 0.3 is 0 Å². The van der Waals surface area contributed by atoms with Gasteiger partial charge in [0.05, 0.1) is 30.0 Å². The number of ketones is 1. The number of phenols is 1. The van der Waals surface area contributed by atoms with Crippen molar-refractivity contribution in [3.05, 3.63) is 47.7 Å². The number of ether oxygens (including phenoxy) is 1. The molecule has 1 aliphatic heterocycles. The number of aliphatic hydroxyl groups excluding tert-OH is 2. The SMILES string of the molecule is CC(C)=CCC1C(O)CC2OC=C(c3ccc(O)cc3)C(=O)C2C1O. The van der Waals surface area contributed by atoms with Gasteiger partial charge in [-0.15, -0.1) is 0 Å². The summed E-state index contributed by atoms with van der Waals surface area (Å²) in [7, 11) is 0. The zero-order chi connectivity index (χ0) is 18.1. The number of carbonyl (C=O) groups is 1. The Morgan fingerprint density at radius 1 is 1.24 bits per heavy atom. The predicted octanol–water partition coefficient (Wildman–Crippen LogP) is 2.42. The molecular formula is C20H24O5. The summed E-state index contributed by atoms with van der Waals surface area (Å²) in [5.41, 5.74) is 2.13. The molecule has 0 spiro atoms. The highest BCUT2D eigenvalue weighted by atomic mass is 16.5. The summed E-state index contributed by atoms with van der Waals surface area (Å²) in [5.74, 6) is -1.13. The highest BCUT2D eigenvalue weighted by Crippen LogP contribution is 2.40. The molecule has 1 aliphatic carbocycles. The summed E-state index contributed by atoms with van der Waals surface area (Å²) in [4.78, 5) is 13.0. The van der Waals surface area contributed by atoms with Crippen molar-refractivity contribution in [2.45, 2.75) is 45.0 Å². The smallest absolute Gasteiger partial charge is 0.175 e. The second-order valence-corrected chi connectivity index (χ2v) is 7.12. The van der Waals surface area contributed by atoms with Crippen molar-refractivity contribution >= 4 is 11.4 Å². The Morgan fingerprint density at radius 3 is 2.56 bits per heavy atom. The van der Waals surface area contributed by atoms with E-state index in [4.69, 9.17) is 4.74 Å². The maximum absolute atomic E-state index is 13.0. The molecule has 0 radical (unpaired) electrons. The number of allylic oxidation sites excluding steroid dienone is 3.